The molecular weight excluding hydrogens is 455 g/mol. The third-order valence-electron chi connectivity index (χ3n) is 5.56. The number of hydrogen-bond donors (Lipinski definition) is 0. The Hall–Kier alpha value is -3.04. The lowest BCUT2D eigenvalue weighted by molar-refractivity contribution is 0.116. The second-order valence-electron chi connectivity index (χ2n) is 7.82. The van der Waals surface area contributed by atoms with Crippen LogP contribution in [-0.4, -0.2) is 53.2 Å². The summed E-state index contributed by atoms with van der Waals surface area (Å²) in [6, 6.07) is 11.6. The van der Waals surface area contributed by atoms with E-state index >= 15 is 4.39 Å². The smallest absolute Gasteiger partial charge is 0.314 e. The molecule has 1 aromatic heterocycles. The molecule has 1 saturated heterocycles. The zero-order valence-corrected chi connectivity index (χ0v) is 18.8. The monoisotopic (exact) mass is 477 g/mol. The van der Waals surface area contributed by atoms with Crippen LogP contribution in [0.15, 0.2) is 59.3 Å². The number of piperazine rings is 1. The first kappa shape index (κ1) is 23.1. The first-order chi connectivity index (χ1) is 15.8. The molecule has 0 aliphatic carbocycles. The van der Waals surface area contributed by atoms with E-state index in [9.17, 15) is 8.78 Å². The Morgan fingerprint density at radius 1 is 1.15 bits per heavy atom. The lowest BCUT2D eigenvalue weighted by Crippen LogP contribution is -2.47. The molecule has 0 unspecified atom stereocenters. The van der Waals surface area contributed by atoms with Gasteiger partial charge in [0.25, 0.3) is 5.89 Å². The van der Waals surface area contributed by atoms with Gasteiger partial charge in [0.1, 0.15) is 11.6 Å². The van der Waals surface area contributed by atoms with Crippen molar-refractivity contribution in [3.8, 4) is 11.5 Å². The lowest BCUT2D eigenvalue weighted by Gasteiger charge is -2.40. The molecule has 1 aliphatic rings. The molecule has 0 radical (unpaired) electrons. The molecule has 2 heterocycles. The van der Waals surface area contributed by atoms with Gasteiger partial charge in [0.2, 0.25) is 5.89 Å². The fourth-order valence-corrected chi connectivity index (χ4v) is 3.81. The van der Waals surface area contributed by atoms with Crippen molar-refractivity contribution < 1.29 is 17.6 Å². The van der Waals surface area contributed by atoms with Crippen LogP contribution in [0.25, 0.3) is 11.5 Å². The number of anilines is 1. The van der Waals surface area contributed by atoms with Crippen LogP contribution in [0.3, 0.4) is 0 Å². The van der Waals surface area contributed by atoms with Gasteiger partial charge in [0.15, 0.2) is 0 Å². The highest BCUT2D eigenvalue weighted by Crippen LogP contribution is 2.29. The van der Waals surface area contributed by atoms with Gasteiger partial charge in [-0.1, -0.05) is 30.3 Å². The molecule has 1 aliphatic heterocycles. The maximum atomic E-state index is 15.1. The number of likely N-dealkylation sites (N-methyl/N-ethyl adjacent to an activating group) is 1. The molecule has 3 aromatic rings. The average molecular weight is 478 g/mol. The molecule has 6 nitrogen and oxygen atoms in total. The third-order valence-corrected chi connectivity index (χ3v) is 5.79. The van der Waals surface area contributed by atoms with Crippen molar-refractivity contribution in [2.45, 2.75) is 13.0 Å². The molecule has 0 atom stereocenters. The van der Waals surface area contributed by atoms with Gasteiger partial charge in [-0.25, -0.2) is 4.39 Å². The van der Waals surface area contributed by atoms with Gasteiger partial charge in [-0.05, 0) is 37.4 Å². The van der Waals surface area contributed by atoms with E-state index in [1.54, 1.807) is 24.3 Å². The van der Waals surface area contributed by atoms with E-state index in [4.69, 9.17) is 16.0 Å². The van der Waals surface area contributed by atoms with Crippen molar-refractivity contribution in [2.24, 2.45) is 0 Å². The summed E-state index contributed by atoms with van der Waals surface area (Å²) in [5.41, 5.74) is 1.40. The van der Waals surface area contributed by atoms with Gasteiger partial charge in [-0.15, -0.1) is 10.2 Å². The van der Waals surface area contributed by atoms with E-state index in [-0.39, 0.29) is 18.0 Å². The Balaban J connectivity index is 1.60. The van der Waals surface area contributed by atoms with Crippen LogP contribution in [0.1, 0.15) is 17.9 Å². The molecule has 4 rings (SSSR count). The molecule has 33 heavy (non-hydrogen) atoms. The van der Waals surface area contributed by atoms with Crippen LogP contribution in [-0.2, 0) is 6.54 Å². The zero-order chi connectivity index (χ0) is 23.5. The predicted molar refractivity (Wildman–Crippen MR) is 120 cm³/mol. The number of benzene rings is 2. The van der Waals surface area contributed by atoms with Crippen LogP contribution >= 0.6 is 11.6 Å². The summed E-state index contributed by atoms with van der Waals surface area (Å²) in [4.78, 5) is 6.32. The highest BCUT2D eigenvalue weighted by molar-refractivity contribution is 6.30. The topological polar surface area (TPSA) is 48.6 Å². The van der Waals surface area contributed by atoms with Gasteiger partial charge in [-0.3, -0.25) is 0 Å². The van der Waals surface area contributed by atoms with E-state index in [0.29, 0.717) is 10.6 Å². The number of halogens is 4. The predicted octanol–water partition coefficient (Wildman–Crippen LogP) is 5.19. The van der Waals surface area contributed by atoms with Crippen molar-refractivity contribution in [3.63, 3.8) is 0 Å². The molecule has 0 saturated carbocycles. The summed E-state index contributed by atoms with van der Waals surface area (Å²) in [6.45, 7) is 7.89. The first-order valence-electron chi connectivity index (χ1n) is 10.4. The molecular formula is C23H23ClF3N5O. The van der Waals surface area contributed by atoms with Gasteiger partial charge < -0.3 is 19.1 Å². The second kappa shape index (κ2) is 9.84. The minimum atomic E-state index is -2.89. The van der Waals surface area contributed by atoms with Crippen LogP contribution in [0, 0.1) is 5.82 Å². The molecule has 0 N–H and O–H groups in total. The molecule has 10 heteroatoms. The molecule has 0 amide bonds. The molecule has 1 fully saturated rings. The van der Waals surface area contributed by atoms with Gasteiger partial charge >= 0.3 is 6.43 Å². The number of hydrogen-bond acceptors (Lipinski definition) is 6. The Labute approximate surface area is 194 Å². The van der Waals surface area contributed by atoms with E-state index in [1.807, 2.05) is 17.0 Å². The lowest BCUT2D eigenvalue weighted by atomic mass is 10.1. The number of rotatable bonds is 7. The highest BCUT2D eigenvalue weighted by atomic mass is 35.5. The van der Waals surface area contributed by atoms with Crippen LogP contribution in [0.4, 0.5) is 18.9 Å². The largest absolute Gasteiger partial charge is 0.415 e. The minimum absolute atomic E-state index is 0.163. The number of nitrogens with zero attached hydrogens (tertiary/aromatic N) is 5. The Kier molecular flexibility index (Phi) is 6.90. The maximum absolute atomic E-state index is 15.1. The van der Waals surface area contributed by atoms with Crippen molar-refractivity contribution in [1.29, 1.82) is 0 Å². The second-order valence-corrected chi connectivity index (χ2v) is 8.26. The highest BCUT2D eigenvalue weighted by Gasteiger charge is 2.23. The van der Waals surface area contributed by atoms with Gasteiger partial charge in [0.05, 0.1) is 6.54 Å². The third kappa shape index (κ3) is 5.31. The van der Waals surface area contributed by atoms with Gasteiger partial charge in [0, 0.05) is 48.0 Å². The molecule has 0 spiro atoms. The molecule has 0 bridgehead atoms. The Morgan fingerprint density at radius 3 is 2.55 bits per heavy atom. The van der Waals surface area contributed by atoms with Crippen LogP contribution in [0.2, 0.25) is 5.02 Å². The number of aromatic nitrogens is 2. The van der Waals surface area contributed by atoms with E-state index < -0.39 is 18.1 Å². The summed E-state index contributed by atoms with van der Waals surface area (Å²) in [5, 5.41) is 7.43. The summed E-state index contributed by atoms with van der Waals surface area (Å²) in [7, 11) is 2.07. The van der Waals surface area contributed by atoms with Crippen molar-refractivity contribution in [1.82, 2.24) is 20.0 Å². The normalized spacial score (nSPS) is 14.7. The summed E-state index contributed by atoms with van der Waals surface area (Å²) >= 11 is 6.22. The fraction of sp³-hybridized carbons (Fsp3) is 0.304. The van der Waals surface area contributed by atoms with Crippen molar-refractivity contribution >= 4 is 17.3 Å². The fourth-order valence-electron chi connectivity index (χ4n) is 3.63. The van der Waals surface area contributed by atoms with Crippen LogP contribution in [0.5, 0.6) is 0 Å². The molecule has 174 valence electrons. The maximum Gasteiger partial charge on any atom is 0.314 e. The van der Waals surface area contributed by atoms with Crippen LogP contribution < -0.4 is 4.90 Å². The standard InChI is InChI=1S/C23H23ClF3N5O/c1-15(31-10-8-30(2)9-11-31)32(19-5-3-4-18(24)13-19)14-17-7-6-16(12-20(17)25)22-28-29-23(33-22)21(26)27/h3-7,12-13,21H,1,8-11,14H2,2H3. The SMILES string of the molecule is C=C(N1CCN(C)CC1)N(Cc1ccc(-c2nnc(C(F)F)o2)cc1F)c1cccc(Cl)c1. The first-order valence-corrected chi connectivity index (χ1v) is 10.8. The summed E-state index contributed by atoms with van der Waals surface area (Å²) < 4.78 is 45.4. The number of alkyl halides is 2. The van der Waals surface area contributed by atoms with Crippen molar-refractivity contribution in [3.05, 3.63) is 77.2 Å². The zero-order valence-electron chi connectivity index (χ0n) is 18.0. The quantitative estimate of drug-likeness (QED) is 0.466. The Morgan fingerprint density at radius 2 is 1.91 bits per heavy atom. The molecule has 2 aromatic carbocycles. The Bertz CT molecular complexity index is 1130. The minimum Gasteiger partial charge on any atom is -0.415 e. The average Bonchev–Trinajstić information content (AvgIpc) is 3.29. The summed E-state index contributed by atoms with van der Waals surface area (Å²) in [5.74, 6) is -0.746. The van der Waals surface area contributed by atoms with Crippen molar-refractivity contribution in [2.75, 3.05) is 38.1 Å². The van der Waals surface area contributed by atoms with E-state index in [2.05, 4.69) is 33.6 Å². The van der Waals surface area contributed by atoms with E-state index in [1.165, 1.54) is 6.07 Å². The summed E-state index contributed by atoms with van der Waals surface area (Å²) in [6.07, 6.45) is -2.89. The van der Waals surface area contributed by atoms with Gasteiger partial charge in [-0.2, -0.15) is 8.78 Å². The van der Waals surface area contributed by atoms with E-state index in [0.717, 1.165) is 37.7 Å².